The topological polar surface area (TPSA) is 37.0 Å². The Bertz CT molecular complexity index is 564. The van der Waals surface area contributed by atoms with E-state index in [1.54, 1.807) is 18.3 Å². The summed E-state index contributed by atoms with van der Waals surface area (Å²) in [6, 6.07) is 6.72. The molecular weight excluding hydrogens is 241 g/mol. The predicted octanol–water partition coefficient (Wildman–Crippen LogP) is 2.79. The van der Waals surface area contributed by atoms with Crippen molar-refractivity contribution < 1.29 is 4.39 Å². The number of pyridine rings is 1. The van der Waals surface area contributed by atoms with Gasteiger partial charge in [0.1, 0.15) is 11.6 Å². The number of rotatable bonds is 3. The van der Waals surface area contributed by atoms with Crippen LogP contribution in [0.4, 0.5) is 10.2 Å². The van der Waals surface area contributed by atoms with Gasteiger partial charge in [-0.15, -0.1) is 0 Å². The van der Waals surface area contributed by atoms with E-state index in [0.717, 1.165) is 36.2 Å². The summed E-state index contributed by atoms with van der Waals surface area (Å²) in [5.74, 6) is 1.19. The highest BCUT2D eigenvalue weighted by Crippen LogP contribution is 2.22. The highest BCUT2D eigenvalue weighted by Gasteiger charge is 2.13. The zero-order chi connectivity index (χ0) is 13.1. The molecule has 1 aliphatic heterocycles. The lowest BCUT2D eigenvalue weighted by Crippen LogP contribution is -2.33. The Kier molecular flexibility index (Phi) is 3.60. The van der Waals surface area contributed by atoms with Crippen molar-refractivity contribution in [2.24, 2.45) is 5.92 Å². The quantitative estimate of drug-likeness (QED) is 0.890. The molecule has 2 aromatic rings. The summed E-state index contributed by atoms with van der Waals surface area (Å²) in [5.41, 5.74) is 0. The van der Waals surface area contributed by atoms with E-state index < -0.39 is 0 Å². The van der Waals surface area contributed by atoms with Gasteiger partial charge in [-0.2, -0.15) is 0 Å². The highest BCUT2D eigenvalue weighted by atomic mass is 19.1. The zero-order valence-corrected chi connectivity index (χ0v) is 10.8. The Morgan fingerprint density at radius 1 is 1.37 bits per heavy atom. The van der Waals surface area contributed by atoms with Crippen LogP contribution in [0.1, 0.15) is 12.8 Å². The minimum Gasteiger partial charge on any atom is -0.369 e. The Hall–Kier alpha value is -1.68. The fraction of sp³-hybridized carbons (Fsp3) is 0.400. The number of benzene rings is 1. The number of aromatic nitrogens is 1. The summed E-state index contributed by atoms with van der Waals surface area (Å²) in [6.07, 6.45) is 4.23. The molecule has 1 aromatic heterocycles. The van der Waals surface area contributed by atoms with E-state index in [-0.39, 0.29) is 5.82 Å². The molecule has 2 heterocycles. The van der Waals surface area contributed by atoms with E-state index in [2.05, 4.69) is 15.6 Å². The second kappa shape index (κ2) is 5.53. The third-order valence-electron chi connectivity index (χ3n) is 3.69. The van der Waals surface area contributed by atoms with Gasteiger partial charge in [0.05, 0.1) is 0 Å². The minimum atomic E-state index is -0.220. The summed E-state index contributed by atoms with van der Waals surface area (Å²) >= 11 is 0. The molecule has 0 saturated carbocycles. The molecule has 4 heteroatoms. The molecule has 0 amide bonds. The van der Waals surface area contributed by atoms with Crippen LogP contribution in [0.3, 0.4) is 0 Å². The van der Waals surface area contributed by atoms with Crippen molar-refractivity contribution in [2.45, 2.75) is 12.8 Å². The van der Waals surface area contributed by atoms with Gasteiger partial charge in [-0.25, -0.2) is 9.37 Å². The zero-order valence-electron chi connectivity index (χ0n) is 10.8. The van der Waals surface area contributed by atoms with Gasteiger partial charge in [0.25, 0.3) is 0 Å². The molecule has 1 atom stereocenters. The lowest BCUT2D eigenvalue weighted by molar-refractivity contribution is 0.393. The summed E-state index contributed by atoms with van der Waals surface area (Å²) in [4.78, 5) is 4.33. The molecular formula is C15H18FN3. The van der Waals surface area contributed by atoms with Gasteiger partial charge in [0, 0.05) is 18.1 Å². The molecule has 3 nitrogen and oxygen atoms in total. The first-order valence-electron chi connectivity index (χ1n) is 6.82. The predicted molar refractivity (Wildman–Crippen MR) is 75.8 cm³/mol. The first-order valence-corrected chi connectivity index (χ1v) is 6.82. The van der Waals surface area contributed by atoms with Crippen LogP contribution in [0, 0.1) is 11.7 Å². The maximum atomic E-state index is 13.3. The van der Waals surface area contributed by atoms with Crippen molar-refractivity contribution in [1.82, 2.24) is 10.3 Å². The Balaban J connectivity index is 1.78. The van der Waals surface area contributed by atoms with Gasteiger partial charge >= 0.3 is 0 Å². The van der Waals surface area contributed by atoms with Crippen LogP contribution >= 0.6 is 0 Å². The number of hydrogen-bond acceptors (Lipinski definition) is 3. The van der Waals surface area contributed by atoms with Crippen LogP contribution < -0.4 is 10.6 Å². The molecule has 1 unspecified atom stereocenters. The van der Waals surface area contributed by atoms with Gasteiger partial charge < -0.3 is 10.6 Å². The first-order chi connectivity index (χ1) is 9.33. The Morgan fingerprint density at radius 2 is 2.32 bits per heavy atom. The van der Waals surface area contributed by atoms with E-state index in [9.17, 15) is 4.39 Å². The van der Waals surface area contributed by atoms with Crippen molar-refractivity contribution in [3.8, 4) is 0 Å². The van der Waals surface area contributed by atoms with Crippen LogP contribution in [0.25, 0.3) is 10.8 Å². The van der Waals surface area contributed by atoms with Crippen molar-refractivity contribution >= 4 is 16.6 Å². The van der Waals surface area contributed by atoms with Gasteiger partial charge in [0.2, 0.25) is 0 Å². The molecule has 1 fully saturated rings. The van der Waals surface area contributed by atoms with Gasteiger partial charge in [-0.3, -0.25) is 0 Å². The lowest BCUT2D eigenvalue weighted by atomic mass is 10.00. The molecule has 0 aliphatic carbocycles. The molecule has 2 N–H and O–H groups in total. The summed E-state index contributed by atoms with van der Waals surface area (Å²) in [7, 11) is 0. The van der Waals surface area contributed by atoms with Crippen molar-refractivity contribution in [3.05, 3.63) is 36.3 Å². The number of anilines is 1. The van der Waals surface area contributed by atoms with Crippen molar-refractivity contribution in [2.75, 3.05) is 25.0 Å². The third kappa shape index (κ3) is 2.84. The SMILES string of the molecule is Fc1ccc2ccnc(NCC3CCCNC3)c2c1. The number of fused-ring (bicyclic) bond motifs is 1. The number of nitrogens with zero attached hydrogens (tertiary/aromatic N) is 1. The second-order valence-electron chi connectivity index (χ2n) is 5.12. The van der Waals surface area contributed by atoms with Crippen LogP contribution in [0.2, 0.25) is 0 Å². The van der Waals surface area contributed by atoms with E-state index in [0.29, 0.717) is 5.92 Å². The summed E-state index contributed by atoms with van der Waals surface area (Å²) in [6.45, 7) is 3.05. The van der Waals surface area contributed by atoms with Gasteiger partial charge in [-0.1, -0.05) is 6.07 Å². The van der Waals surface area contributed by atoms with Crippen LogP contribution in [-0.4, -0.2) is 24.6 Å². The fourth-order valence-electron chi connectivity index (χ4n) is 2.62. The minimum absolute atomic E-state index is 0.220. The number of nitrogens with one attached hydrogen (secondary N) is 2. The number of hydrogen-bond donors (Lipinski definition) is 2. The van der Waals surface area contributed by atoms with Crippen molar-refractivity contribution in [3.63, 3.8) is 0 Å². The molecule has 1 saturated heterocycles. The molecule has 1 aliphatic rings. The maximum Gasteiger partial charge on any atom is 0.133 e. The molecule has 3 rings (SSSR count). The molecule has 19 heavy (non-hydrogen) atoms. The largest absolute Gasteiger partial charge is 0.369 e. The number of halogens is 1. The monoisotopic (exact) mass is 259 g/mol. The van der Waals surface area contributed by atoms with Crippen LogP contribution in [0.15, 0.2) is 30.5 Å². The Morgan fingerprint density at radius 3 is 3.16 bits per heavy atom. The molecule has 1 aromatic carbocycles. The molecule has 0 spiro atoms. The van der Waals surface area contributed by atoms with E-state index in [1.807, 2.05) is 6.07 Å². The van der Waals surface area contributed by atoms with Gasteiger partial charge in [0.15, 0.2) is 0 Å². The lowest BCUT2D eigenvalue weighted by Gasteiger charge is -2.23. The van der Waals surface area contributed by atoms with E-state index in [4.69, 9.17) is 0 Å². The maximum absolute atomic E-state index is 13.3. The standard InChI is InChI=1S/C15H18FN3/c16-13-4-3-12-5-7-18-15(14(12)8-13)19-10-11-2-1-6-17-9-11/h3-5,7-8,11,17H,1-2,6,9-10H2,(H,18,19). The Labute approximate surface area is 112 Å². The first kappa shape index (κ1) is 12.4. The average molecular weight is 259 g/mol. The molecule has 0 radical (unpaired) electrons. The van der Waals surface area contributed by atoms with Crippen LogP contribution in [0.5, 0.6) is 0 Å². The normalized spacial score (nSPS) is 19.5. The van der Waals surface area contributed by atoms with Crippen molar-refractivity contribution in [1.29, 1.82) is 0 Å². The van der Waals surface area contributed by atoms with E-state index >= 15 is 0 Å². The molecule has 0 bridgehead atoms. The third-order valence-corrected chi connectivity index (χ3v) is 3.69. The summed E-state index contributed by atoms with van der Waals surface area (Å²) < 4.78 is 13.3. The van der Waals surface area contributed by atoms with Crippen LogP contribution in [-0.2, 0) is 0 Å². The molecule has 100 valence electrons. The fourth-order valence-corrected chi connectivity index (χ4v) is 2.62. The summed E-state index contributed by atoms with van der Waals surface area (Å²) in [5, 5.41) is 8.63. The highest BCUT2D eigenvalue weighted by molar-refractivity contribution is 5.91. The second-order valence-corrected chi connectivity index (χ2v) is 5.12. The average Bonchev–Trinajstić information content (AvgIpc) is 2.46. The van der Waals surface area contributed by atoms with E-state index in [1.165, 1.54) is 18.9 Å². The smallest absolute Gasteiger partial charge is 0.133 e. The van der Waals surface area contributed by atoms with Gasteiger partial charge in [-0.05, 0) is 55.4 Å². The number of piperidine rings is 1.